The molecule has 19 heavy (non-hydrogen) atoms. The minimum Gasteiger partial charge on any atom is -0.469 e. The van der Waals surface area contributed by atoms with Gasteiger partial charge in [0, 0.05) is 6.42 Å². The topological polar surface area (TPSA) is 26.3 Å². The maximum atomic E-state index is 12.4. The van der Waals surface area contributed by atoms with Gasteiger partial charge in [0.05, 0.1) is 12.7 Å². The molecule has 1 aromatic carbocycles. The molecule has 5 heteroatoms. The molecule has 0 saturated heterocycles. The summed E-state index contributed by atoms with van der Waals surface area (Å²) in [6.07, 6.45) is -2.58. The van der Waals surface area contributed by atoms with Crippen molar-refractivity contribution in [3.63, 3.8) is 0 Å². The Morgan fingerprint density at radius 3 is 2.32 bits per heavy atom. The van der Waals surface area contributed by atoms with Crippen molar-refractivity contribution in [2.24, 2.45) is 5.92 Å². The van der Waals surface area contributed by atoms with Crippen LogP contribution in [0, 0.1) is 5.92 Å². The van der Waals surface area contributed by atoms with Crippen molar-refractivity contribution in [1.82, 2.24) is 0 Å². The first-order valence-electron chi connectivity index (χ1n) is 6.06. The van der Waals surface area contributed by atoms with Gasteiger partial charge in [0.15, 0.2) is 0 Å². The number of rotatable bonds is 5. The lowest BCUT2D eigenvalue weighted by Gasteiger charge is -2.11. The smallest absolute Gasteiger partial charge is 0.416 e. The summed E-state index contributed by atoms with van der Waals surface area (Å²) < 4.78 is 41.7. The minimum absolute atomic E-state index is 0.148. The third-order valence-electron chi connectivity index (χ3n) is 2.95. The van der Waals surface area contributed by atoms with Crippen molar-refractivity contribution in [2.45, 2.75) is 32.4 Å². The van der Waals surface area contributed by atoms with Gasteiger partial charge in [-0.15, -0.1) is 0 Å². The zero-order valence-corrected chi connectivity index (χ0v) is 11.0. The Bertz CT molecular complexity index is 410. The van der Waals surface area contributed by atoms with Gasteiger partial charge >= 0.3 is 12.1 Å². The molecule has 0 aliphatic heterocycles. The van der Waals surface area contributed by atoms with E-state index in [1.54, 1.807) is 0 Å². The van der Waals surface area contributed by atoms with Gasteiger partial charge < -0.3 is 4.74 Å². The summed E-state index contributed by atoms with van der Waals surface area (Å²) >= 11 is 0. The van der Waals surface area contributed by atoms with Crippen LogP contribution in [-0.2, 0) is 22.1 Å². The number of aryl methyl sites for hydroxylation is 1. The van der Waals surface area contributed by atoms with Crippen molar-refractivity contribution in [3.8, 4) is 0 Å². The van der Waals surface area contributed by atoms with Crippen LogP contribution in [-0.4, -0.2) is 13.1 Å². The lowest BCUT2D eigenvalue weighted by atomic mass is 9.98. The van der Waals surface area contributed by atoms with Gasteiger partial charge in [-0.2, -0.15) is 13.2 Å². The van der Waals surface area contributed by atoms with Crippen LogP contribution in [0.3, 0.4) is 0 Å². The van der Waals surface area contributed by atoms with Gasteiger partial charge in [0.25, 0.3) is 0 Å². The van der Waals surface area contributed by atoms with Gasteiger partial charge in [0.1, 0.15) is 0 Å². The molecule has 0 fully saturated rings. The van der Waals surface area contributed by atoms with Gasteiger partial charge in [-0.25, -0.2) is 0 Å². The number of benzene rings is 1. The van der Waals surface area contributed by atoms with Crippen molar-refractivity contribution in [3.05, 3.63) is 35.4 Å². The third-order valence-corrected chi connectivity index (χ3v) is 2.95. The minimum atomic E-state index is -4.29. The summed E-state index contributed by atoms with van der Waals surface area (Å²) in [4.78, 5) is 11.0. The molecule has 0 spiro atoms. The second-order valence-electron chi connectivity index (χ2n) is 4.62. The number of esters is 1. The van der Waals surface area contributed by atoms with Crippen molar-refractivity contribution < 1.29 is 22.7 Å². The van der Waals surface area contributed by atoms with E-state index >= 15 is 0 Å². The zero-order chi connectivity index (χ0) is 14.5. The lowest BCUT2D eigenvalue weighted by Crippen LogP contribution is -2.08. The number of halogens is 3. The molecule has 0 N–H and O–H groups in total. The number of hydrogen-bond acceptors (Lipinski definition) is 2. The van der Waals surface area contributed by atoms with Crippen LogP contribution in [0.25, 0.3) is 0 Å². The summed E-state index contributed by atoms with van der Waals surface area (Å²) in [5.41, 5.74) is 0.198. The molecule has 106 valence electrons. The first-order valence-corrected chi connectivity index (χ1v) is 6.06. The van der Waals surface area contributed by atoms with Crippen LogP contribution in [0.2, 0.25) is 0 Å². The maximum absolute atomic E-state index is 12.4. The van der Waals surface area contributed by atoms with E-state index in [9.17, 15) is 18.0 Å². The standard InChI is InChI=1S/C14H17F3O2/c1-10(9-13(18)19-2)3-4-11-5-7-12(8-6-11)14(15,16)17/h5-8,10H,3-4,9H2,1-2H3. The van der Waals surface area contributed by atoms with Crippen LogP contribution in [0.15, 0.2) is 24.3 Å². The van der Waals surface area contributed by atoms with Gasteiger partial charge in [0.2, 0.25) is 0 Å². The second kappa shape index (κ2) is 6.59. The Labute approximate surface area is 110 Å². The molecule has 0 amide bonds. The van der Waals surface area contributed by atoms with Crippen LogP contribution in [0.5, 0.6) is 0 Å². The fourth-order valence-electron chi connectivity index (χ4n) is 1.74. The number of alkyl halides is 3. The van der Waals surface area contributed by atoms with Crippen LogP contribution < -0.4 is 0 Å². The molecule has 0 aliphatic rings. The highest BCUT2D eigenvalue weighted by molar-refractivity contribution is 5.69. The molecule has 0 heterocycles. The molecule has 0 aromatic heterocycles. The average molecular weight is 274 g/mol. The van der Waals surface area contributed by atoms with Crippen LogP contribution in [0.4, 0.5) is 13.2 Å². The van der Waals surface area contributed by atoms with Gasteiger partial charge in [-0.1, -0.05) is 19.1 Å². The SMILES string of the molecule is COC(=O)CC(C)CCc1ccc(C(F)(F)F)cc1. The number of carbonyl (C=O) groups excluding carboxylic acids is 1. The van der Waals surface area contributed by atoms with Crippen LogP contribution >= 0.6 is 0 Å². The highest BCUT2D eigenvalue weighted by Gasteiger charge is 2.29. The first-order chi connectivity index (χ1) is 8.82. The number of ether oxygens (including phenoxy) is 1. The molecule has 1 unspecified atom stereocenters. The maximum Gasteiger partial charge on any atom is 0.416 e. The van der Waals surface area contributed by atoms with Crippen molar-refractivity contribution >= 4 is 5.97 Å². The summed E-state index contributed by atoms with van der Waals surface area (Å²) in [6, 6.07) is 5.13. The molecule has 1 atom stereocenters. The number of hydrogen-bond donors (Lipinski definition) is 0. The highest BCUT2D eigenvalue weighted by atomic mass is 19.4. The fourth-order valence-corrected chi connectivity index (χ4v) is 1.74. The van der Waals surface area contributed by atoms with E-state index in [-0.39, 0.29) is 11.9 Å². The number of carbonyl (C=O) groups is 1. The van der Waals surface area contributed by atoms with E-state index < -0.39 is 11.7 Å². The van der Waals surface area contributed by atoms with E-state index in [4.69, 9.17) is 0 Å². The Balaban J connectivity index is 2.48. The Kier molecular flexibility index (Phi) is 5.39. The predicted octanol–water partition coefficient (Wildman–Crippen LogP) is 3.84. The molecule has 1 aromatic rings. The Hall–Kier alpha value is -1.52. The van der Waals surface area contributed by atoms with Gasteiger partial charge in [-0.05, 0) is 36.5 Å². The van der Waals surface area contributed by atoms with Crippen molar-refractivity contribution in [1.29, 1.82) is 0 Å². The monoisotopic (exact) mass is 274 g/mol. The molecule has 0 saturated carbocycles. The molecule has 1 rings (SSSR count). The molecular weight excluding hydrogens is 257 g/mol. The Morgan fingerprint density at radius 2 is 1.84 bits per heavy atom. The zero-order valence-electron chi connectivity index (χ0n) is 11.0. The lowest BCUT2D eigenvalue weighted by molar-refractivity contribution is -0.141. The molecule has 0 radical (unpaired) electrons. The first kappa shape index (κ1) is 15.5. The number of methoxy groups -OCH3 is 1. The van der Waals surface area contributed by atoms with Crippen molar-refractivity contribution in [2.75, 3.05) is 7.11 Å². The molecule has 0 bridgehead atoms. The summed E-state index contributed by atoms with van der Waals surface area (Å²) in [5, 5.41) is 0. The second-order valence-corrected chi connectivity index (χ2v) is 4.62. The molecule has 2 nitrogen and oxygen atoms in total. The quantitative estimate of drug-likeness (QED) is 0.763. The molecular formula is C14H17F3O2. The fraction of sp³-hybridized carbons (Fsp3) is 0.500. The van der Waals surface area contributed by atoms with E-state index in [0.29, 0.717) is 12.8 Å². The normalized spacial score (nSPS) is 13.1. The van der Waals surface area contributed by atoms with E-state index in [1.807, 2.05) is 6.92 Å². The third kappa shape index (κ3) is 5.32. The van der Waals surface area contributed by atoms with Gasteiger partial charge in [-0.3, -0.25) is 4.79 Å². The largest absolute Gasteiger partial charge is 0.469 e. The van der Waals surface area contributed by atoms with Crippen LogP contribution in [0.1, 0.15) is 30.9 Å². The average Bonchev–Trinajstić information content (AvgIpc) is 2.35. The van der Waals surface area contributed by atoms with E-state index in [1.165, 1.54) is 19.2 Å². The van der Waals surface area contributed by atoms with E-state index in [0.717, 1.165) is 24.1 Å². The van der Waals surface area contributed by atoms with E-state index in [2.05, 4.69) is 4.74 Å². The predicted molar refractivity (Wildman–Crippen MR) is 65.6 cm³/mol. The molecule has 0 aliphatic carbocycles. The highest BCUT2D eigenvalue weighted by Crippen LogP contribution is 2.29. The Morgan fingerprint density at radius 1 is 1.26 bits per heavy atom. The summed E-state index contributed by atoms with van der Waals surface area (Å²) in [7, 11) is 1.34. The summed E-state index contributed by atoms with van der Waals surface area (Å²) in [5.74, 6) is -0.116. The summed E-state index contributed by atoms with van der Waals surface area (Å²) in [6.45, 7) is 1.92.